The van der Waals surface area contributed by atoms with Gasteiger partial charge in [0.2, 0.25) is 0 Å². The molecule has 3 N–H and O–H groups in total. The maximum absolute atomic E-state index is 12.9. The van der Waals surface area contributed by atoms with E-state index in [4.69, 9.17) is 5.73 Å². The Balaban J connectivity index is 0.00000261. The molecule has 1 fully saturated rings. The van der Waals surface area contributed by atoms with Crippen LogP contribution in [0.3, 0.4) is 0 Å². The molecule has 1 aliphatic rings. The van der Waals surface area contributed by atoms with Crippen LogP contribution in [0.1, 0.15) is 21.8 Å². The molecule has 0 bridgehead atoms. The zero-order chi connectivity index (χ0) is 18.7. The molecule has 7 heteroatoms. The van der Waals surface area contributed by atoms with Crippen molar-refractivity contribution in [2.24, 2.45) is 5.73 Å². The third kappa shape index (κ3) is 4.78. The number of nitrogens with two attached hydrogens (primary N) is 1. The molecular weight excluding hydrogens is 364 g/mol. The van der Waals surface area contributed by atoms with E-state index in [9.17, 15) is 9.59 Å². The Morgan fingerprint density at radius 1 is 1.07 bits per heavy atom. The third-order valence-corrected chi connectivity index (χ3v) is 4.65. The summed E-state index contributed by atoms with van der Waals surface area (Å²) in [6, 6.07) is 16.7. The maximum atomic E-state index is 12.9. The van der Waals surface area contributed by atoms with Gasteiger partial charge in [0.15, 0.2) is 0 Å². The van der Waals surface area contributed by atoms with Crippen molar-refractivity contribution in [1.29, 1.82) is 0 Å². The molecule has 0 unspecified atom stereocenters. The lowest BCUT2D eigenvalue weighted by atomic mass is 9.95. The van der Waals surface area contributed by atoms with Gasteiger partial charge in [-0.2, -0.15) is 0 Å². The summed E-state index contributed by atoms with van der Waals surface area (Å²) in [6.45, 7) is 1.12. The summed E-state index contributed by atoms with van der Waals surface area (Å²) < 4.78 is 0. The molecule has 0 radical (unpaired) electrons. The largest absolute Gasteiger partial charge is 0.336 e. The minimum atomic E-state index is -0.234. The second-order valence-corrected chi connectivity index (χ2v) is 6.80. The van der Waals surface area contributed by atoms with E-state index < -0.39 is 0 Å². The molecule has 27 heavy (non-hydrogen) atoms. The molecule has 1 aliphatic heterocycles. The van der Waals surface area contributed by atoms with E-state index in [1.807, 2.05) is 18.2 Å². The van der Waals surface area contributed by atoms with E-state index in [1.54, 1.807) is 43.3 Å². The summed E-state index contributed by atoms with van der Waals surface area (Å²) in [5.41, 5.74) is 8.58. The van der Waals surface area contributed by atoms with E-state index >= 15 is 0 Å². The number of carbonyl (C=O) groups is 2. The molecule has 6 nitrogen and oxygen atoms in total. The van der Waals surface area contributed by atoms with Crippen LogP contribution < -0.4 is 11.1 Å². The van der Waals surface area contributed by atoms with E-state index in [1.165, 1.54) is 4.90 Å². The fraction of sp³-hybridized carbons (Fsp3) is 0.300. The average molecular weight is 389 g/mol. The zero-order valence-electron chi connectivity index (χ0n) is 15.5. The summed E-state index contributed by atoms with van der Waals surface area (Å²) in [5.74, 6) is 0.0663. The maximum Gasteiger partial charge on any atom is 0.321 e. The Morgan fingerprint density at radius 3 is 2.44 bits per heavy atom. The number of hydrogen-bond donors (Lipinski definition) is 2. The summed E-state index contributed by atoms with van der Waals surface area (Å²) in [5, 5.41) is 2.76. The summed E-state index contributed by atoms with van der Waals surface area (Å²) in [4.78, 5) is 27.9. The van der Waals surface area contributed by atoms with Crippen LogP contribution in [0.15, 0.2) is 54.6 Å². The molecule has 0 aliphatic carbocycles. The zero-order valence-corrected chi connectivity index (χ0v) is 16.3. The number of urea groups is 1. The number of amides is 3. The fourth-order valence-electron chi connectivity index (χ4n) is 3.20. The number of benzene rings is 2. The highest BCUT2D eigenvalue weighted by Gasteiger charge is 2.34. The highest BCUT2D eigenvalue weighted by Crippen LogP contribution is 2.27. The second kappa shape index (κ2) is 8.88. The van der Waals surface area contributed by atoms with Gasteiger partial charge in [-0.15, -0.1) is 12.4 Å². The Kier molecular flexibility index (Phi) is 6.82. The summed E-state index contributed by atoms with van der Waals surface area (Å²) in [6.07, 6.45) is 0. The second-order valence-electron chi connectivity index (χ2n) is 6.80. The van der Waals surface area contributed by atoms with Crippen molar-refractivity contribution < 1.29 is 9.59 Å². The van der Waals surface area contributed by atoms with E-state index in [-0.39, 0.29) is 36.3 Å². The van der Waals surface area contributed by atoms with E-state index in [2.05, 4.69) is 17.4 Å². The first-order chi connectivity index (χ1) is 12.5. The van der Waals surface area contributed by atoms with Crippen LogP contribution in [0.2, 0.25) is 0 Å². The minimum absolute atomic E-state index is 0. The number of rotatable bonds is 3. The van der Waals surface area contributed by atoms with Crippen LogP contribution in [0, 0.1) is 0 Å². The Bertz CT molecular complexity index is 798. The van der Waals surface area contributed by atoms with Gasteiger partial charge in [0.1, 0.15) is 0 Å². The van der Waals surface area contributed by atoms with Crippen molar-refractivity contribution >= 4 is 30.0 Å². The van der Waals surface area contributed by atoms with Crippen molar-refractivity contribution in [2.75, 3.05) is 32.5 Å². The predicted molar refractivity (Wildman–Crippen MR) is 109 cm³/mol. The van der Waals surface area contributed by atoms with Gasteiger partial charge in [0, 0.05) is 50.4 Å². The lowest BCUT2D eigenvalue weighted by Crippen LogP contribution is -2.32. The average Bonchev–Trinajstić information content (AvgIpc) is 3.03. The normalized spacial score (nSPS) is 18.6. The van der Waals surface area contributed by atoms with E-state index in [0.29, 0.717) is 24.3 Å². The SMILES string of the molecule is CN(C)C(=O)Nc1cccc(C(=O)N2C[C@@H](N)[C@H](c3ccccc3)C2)c1.Cl. The van der Waals surface area contributed by atoms with Gasteiger partial charge in [-0.25, -0.2) is 4.79 Å². The molecule has 0 saturated carbocycles. The Labute approximate surface area is 165 Å². The van der Waals surface area contributed by atoms with Gasteiger partial charge in [0.25, 0.3) is 5.91 Å². The Morgan fingerprint density at radius 2 is 1.78 bits per heavy atom. The van der Waals surface area contributed by atoms with Crippen LogP contribution in [0.5, 0.6) is 0 Å². The van der Waals surface area contributed by atoms with Gasteiger partial charge >= 0.3 is 6.03 Å². The third-order valence-electron chi connectivity index (χ3n) is 4.65. The first kappa shape index (κ1) is 20.7. The van der Waals surface area contributed by atoms with Crippen LogP contribution in [-0.4, -0.2) is 55.0 Å². The molecule has 3 rings (SSSR count). The lowest BCUT2D eigenvalue weighted by molar-refractivity contribution is 0.0789. The first-order valence-electron chi connectivity index (χ1n) is 8.64. The summed E-state index contributed by atoms with van der Waals surface area (Å²) in [7, 11) is 3.33. The van der Waals surface area contributed by atoms with Crippen LogP contribution in [0.4, 0.5) is 10.5 Å². The van der Waals surface area contributed by atoms with Crippen LogP contribution >= 0.6 is 12.4 Å². The molecule has 3 amide bonds. The highest BCUT2D eigenvalue weighted by atomic mass is 35.5. The Hall–Kier alpha value is -2.57. The number of nitrogens with zero attached hydrogens (tertiary/aromatic N) is 2. The standard InChI is InChI=1S/C20H24N4O2.ClH/c1-23(2)20(26)22-16-10-6-9-15(11-16)19(25)24-12-17(18(21)13-24)14-7-4-3-5-8-14;/h3-11,17-18H,12-13,21H2,1-2H3,(H,22,26);1H/t17-,18+;/m0./s1. The number of likely N-dealkylation sites (tertiary alicyclic amines) is 1. The fourth-order valence-corrected chi connectivity index (χ4v) is 3.20. The number of halogens is 1. The van der Waals surface area contributed by atoms with Crippen molar-refractivity contribution in [2.45, 2.75) is 12.0 Å². The molecule has 144 valence electrons. The number of anilines is 1. The monoisotopic (exact) mass is 388 g/mol. The van der Waals surface area contributed by atoms with Crippen LogP contribution in [0.25, 0.3) is 0 Å². The summed E-state index contributed by atoms with van der Waals surface area (Å²) >= 11 is 0. The molecule has 2 aromatic rings. The molecule has 1 heterocycles. The molecule has 2 atom stereocenters. The number of nitrogens with one attached hydrogen (secondary N) is 1. The molecule has 0 aromatic heterocycles. The van der Waals surface area contributed by atoms with Crippen molar-refractivity contribution in [1.82, 2.24) is 9.80 Å². The lowest BCUT2D eigenvalue weighted by Gasteiger charge is -2.17. The topological polar surface area (TPSA) is 78.7 Å². The molecule has 0 spiro atoms. The highest BCUT2D eigenvalue weighted by molar-refractivity contribution is 5.97. The molecular formula is C20H25ClN4O2. The minimum Gasteiger partial charge on any atom is -0.336 e. The number of carbonyl (C=O) groups excluding carboxylic acids is 2. The van der Waals surface area contributed by atoms with Gasteiger partial charge in [-0.3, -0.25) is 4.79 Å². The van der Waals surface area contributed by atoms with Crippen molar-refractivity contribution in [3.05, 3.63) is 65.7 Å². The van der Waals surface area contributed by atoms with Gasteiger partial charge in [-0.1, -0.05) is 36.4 Å². The van der Waals surface area contributed by atoms with E-state index in [0.717, 1.165) is 5.56 Å². The van der Waals surface area contributed by atoms with Gasteiger partial charge < -0.3 is 20.9 Å². The first-order valence-corrected chi connectivity index (χ1v) is 8.64. The predicted octanol–water partition coefficient (Wildman–Crippen LogP) is 2.77. The smallest absolute Gasteiger partial charge is 0.321 e. The van der Waals surface area contributed by atoms with Crippen molar-refractivity contribution in [3.8, 4) is 0 Å². The van der Waals surface area contributed by atoms with Gasteiger partial charge in [-0.05, 0) is 23.8 Å². The van der Waals surface area contributed by atoms with Crippen LogP contribution in [-0.2, 0) is 0 Å². The molecule has 1 saturated heterocycles. The quantitative estimate of drug-likeness (QED) is 0.848. The van der Waals surface area contributed by atoms with Gasteiger partial charge in [0.05, 0.1) is 0 Å². The molecule has 2 aromatic carbocycles. The number of hydrogen-bond acceptors (Lipinski definition) is 3. The van der Waals surface area contributed by atoms with Crippen molar-refractivity contribution in [3.63, 3.8) is 0 Å².